The molecule has 0 spiro atoms. The van der Waals surface area contributed by atoms with Gasteiger partial charge in [0.25, 0.3) is 0 Å². The van der Waals surface area contributed by atoms with Crippen LogP contribution < -0.4 is 5.32 Å². The molecule has 5 nitrogen and oxygen atoms in total. The Morgan fingerprint density at radius 2 is 1.23 bits per heavy atom. The third kappa shape index (κ3) is 4.24. The molecule has 162 valence electrons. The molecule has 5 rings (SSSR count). The number of ether oxygens (including phenoxy) is 2. The largest absolute Gasteiger partial charge is 0.455 e. The molecule has 5 heteroatoms. The molecule has 1 N–H and O–H groups in total. The molecule has 1 saturated heterocycles. The van der Waals surface area contributed by atoms with E-state index in [1.807, 2.05) is 36.4 Å². The second-order valence-corrected chi connectivity index (χ2v) is 9.17. The second kappa shape index (κ2) is 8.83. The lowest BCUT2D eigenvalue weighted by Gasteiger charge is -2.47. The smallest absolute Gasteiger partial charge is 0.338 e. The van der Waals surface area contributed by atoms with Crippen LogP contribution in [-0.2, 0) is 9.47 Å². The Bertz CT molecular complexity index is 916. The number of benzene rings is 2. The van der Waals surface area contributed by atoms with E-state index >= 15 is 0 Å². The van der Waals surface area contributed by atoms with Gasteiger partial charge in [0.1, 0.15) is 12.2 Å². The molecular formula is C26H29NO4. The highest BCUT2D eigenvalue weighted by molar-refractivity contribution is 5.90. The molecule has 0 bridgehead atoms. The highest BCUT2D eigenvalue weighted by Crippen LogP contribution is 2.48. The fraction of sp³-hybridized carbons (Fsp3) is 0.462. The Hall–Kier alpha value is -2.66. The highest BCUT2D eigenvalue weighted by atomic mass is 16.6. The van der Waals surface area contributed by atoms with Crippen molar-refractivity contribution in [3.8, 4) is 0 Å². The Balaban J connectivity index is 1.36. The van der Waals surface area contributed by atoms with Gasteiger partial charge in [-0.3, -0.25) is 0 Å². The molecule has 6 unspecified atom stereocenters. The van der Waals surface area contributed by atoms with Crippen LogP contribution in [0.3, 0.4) is 0 Å². The summed E-state index contributed by atoms with van der Waals surface area (Å²) >= 11 is 0. The van der Waals surface area contributed by atoms with Gasteiger partial charge in [-0.05, 0) is 86.7 Å². The predicted octanol–water partition coefficient (Wildman–Crippen LogP) is 4.09. The lowest BCUT2D eigenvalue weighted by molar-refractivity contribution is -0.0923. The monoisotopic (exact) mass is 419 g/mol. The van der Waals surface area contributed by atoms with Gasteiger partial charge in [0.15, 0.2) is 0 Å². The van der Waals surface area contributed by atoms with E-state index in [0.29, 0.717) is 28.9 Å². The summed E-state index contributed by atoms with van der Waals surface area (Å²) in [7, 11) is 0. The summed E-state index contributed by atoms with van der Waals surface area (Å²) in [5.74, 6) is 1.68. The standard InChI is InChI=1S/C26H29NO4/c28-25(17-7-3-1-4-8-17)30-23-13-19-11-12-20-15-27-16-22(20)21(19)14-24(23)31-26(29)18-9-5-2-6-10-18/h1-10,19-24,27H,11-16H2. The first-order valence-corrected chi connectivity index (χ1v) is 11.4. The molecule has 3 aliphatic rings. The summed E-state index contributed by atoms with van der Waals surface area (Å²) in [5, 5.41) is 3.55. The molecule has 2 saturated carbocycles. The fourth-order valence-corrected chi connectivity index (χ4v) is 5.90. The molecule has 2 aromatic carbocycles. The van der Waals surface area contributed by atoms with Crippen LogP contribution in [0.5, 0.6) is 0 Å². The summed E-state index contributed by atoms with van der Waals surface area (Å²) in [6.07, 6.45) is 3.09. The number of carbonyl (C=O) groups is 2. The van der Waals surface area contributed by atoms with E-state index in [0.717, 1.165) is 38.3 Å². The average molecular weight is 420 g/mol. The van der Waals surface area contributed by atoms with Crippen LogP contribution >= 0.6 is 0 Å². The van der Waals surface area contributed by atoms with Crippen LogP contribution in [0.1, 0.15) is 46.4 Å². The zero-order valence-electron chi connectivity index (χ0n) is 17.6. The summed E-state index contributed by atoms with van der Waals surface area (Å²) < 4.78 is 11.9. The van der Waals surface area contributed by atoms with Crippen LogP contribution in [0, 0.1) is 23.7 Å². The van der Waals surface area contributed by atoms with Crippen LogP contribution in [0.4, 0.5) is 0 Å². The Kier molecular flexibility index (Phi) is 5.77. The van der Waals surface area contributed by atoms with Crippen LogP contribution in [0.25, 0.3) is 0 Å². The second-order valence-electron chi connectivity index (χ2n) is 9.17. The number of hydrogen-bond donors (Lipinski definition) is 1. The Labute approximate surface area is 183 Å². The Morgan fingerprint density at radius 3 is 1.84 bits per heavy atom. The van der Waals surface area contributed by atoms with E-state index in [1.165, 1.54) is 6.42 Å². The molecule has 0 radical (unpaired) electrons. The van der Waals surface area contributed by atoms with Gasteiger partial charge in [-0.2, -0.15) is 0 Å². The first-order chi connectivity index (χ1) is 15.2. The van der Waals surface area contributed by atoms with Gasteiger partial charge in [0.2, 0.25) is 0 Å². The normalized spacial score (nSPS) is 31.9. The number of fused-ring (bicyclic) bond motifs is 3. The molecule has 2 aromatic rings. The third-order valence-electron chi connectivity index (χ3n) is 7.45. The highest BCUT2D eigenvalue weighted by Gasteiger charge is 2.49. The van der Waals surface area contributed by atoms with E-state index in [-0.39, 0.29) is 11.9 Å². The van der Waals surface area contributed by atoms with Gasteiger partial charge in [-0.25, -0.2) is 9.59 Å². The van der Waals surface area contributed by atoms with Crippen molar-refractivity contribution in [2.75, 3.05) is 13.1 Å². The lowest BCUT2D eigenvalue weighted by atomic mass is 9.61. The van der Waals surface area contributed by atoms with Crippen molar-refractivity contribution in [3.05, 3.63) is 71.8 Å². The molecule has 3 fully saturated rings. The first-order valence-electron chi connectivity index (χ1n) is 11.4. The maximum Gasteiger partial charge on any atom is 0.338 e. The van der Waals surface area contributed by atoms with E-state index in [2.05, 4.69) is 5.32 Å². The first kappa shape index (κ1) is 20.3. The quantitative estimate of drug-likeness (QED) is 0.756. The van der Waals surface area contributed by atoms with Crippen molar-refractivity contribution in [1.29, 1.82) is 0 Å². The Morgan fingerprint density at radius 1 is 0.677 bits per heavy atom. The molecule has 0 aromatic heterocycles. The van der Waals surface area contributed by atoms with Gasteiger partial charge in [0.05, 0.1) is 11.1 Å². The number of esters is 2. The number of carbonyl (C=O) groups excluding carboxylic acids is 2. The van der Waals surface area contributed by atoms with Gasteiger partial charge < -0.3 is 14.8 Å². The molecule has 1 heterocycles. The molecule has 0 amide bonds. The zero-order valence-corrected chi connectivity index (χ0v) is 17.6. The topological polar surface area (TPSA) is 64.6 Å². The van der Waals surface area contributed by atoms with Crippen LogP contribution in [-0.4, -0.2) is 37.2 Å². The average Bonchev–Trinajstić information content (AvgIpc) is 3.30. The number of nitrogens with one attached hydrogen (secondary N) is 1. The molecule has 1 aliphatic heterocycles. The maximum atomic E-state index is 12.8. The van der Waals surface area contributed by atoms with E-state index < -0.39 is 12.2 Å². The van der Waals surface area contributed by atoms with Gasteiger partial charge in [-0.1, -0.05) is 36.4 Å². The van der Waals surface area contributed by atoms with Crippen molar-refractivity contribution in [1.82, 2.24) is 5.32 Å². The lowest BCUT2D eigenvalue weighted by Crippen LogP contribution is -2.48. The molecular weight excluding hydrogens is 390 g/mol. The number of rotatable bonds is 4. The molecule has 6 atom stereocenters. The fourth-order valence-electron chi connectivity index (χ4n) is 5.90. The van der Waals surface area contributed by atoms with Gasteiger partial charge in [0, 0.05) is 0 Å². The van der Waals surface area contributed by atoms with Crippen molar-refractivity contribution < 1.29 is 19.1 Å². The van der Waals surface area contributed by atoms with Crippen molar-refractivity contribution in [2.45, 2.75) is 37.9 Å². The number of hydrogen-bond acceptors (Lipinski definition) is 5. The van der Waals surface area contributed by atoms with E-state index in [9.17, 15) is 9.59 Å². The van der Waals surface area contributed by atoms with E-state index in [1.54, 1.807) is 24.3 Å². The zero-order chi connectivity index (χ0) is 21.2. The van der Waals surface area contributed by atoms with Gasteiger partial charge in [-0.15, -0.1) is 0 Å². The minimum atomic E-state index is -0.416. The van der Waals surface area contributed by atoms with Crippen molar-refractivity contribution in [3.63, 3.8) is 0 Å². The minimum absolute atomic E-state index is 0.346. The summed E-state index contributed by atoms with van der Waals surface area (Å²) in [5.41, 5.74) is 1.06. The van der Waals surface area contributed by atoms with Crippen LogP contribution in [0.2, 0.25) is 0 Å². The van der Waals surface area contributed by atoms with Crippen molar-refractivity contribution >= 4 is 11.9 Å². The summed E-state index contributed by atoms with van der Waals surface area (Å²) in [4.78, 5) is 25.6. The summed E-state index contributed by atoms with van der Waals surface area (Å²) in [6, 6.07) is 18.1. The molecule has 31 heavy (non-hydrogen) atoms. The maximum absolute atomic E-state index is 12.8. The van der Waals surface area contributed by atoms with Gasteiger partial charge >= 0.3 is 11.9 Å². The minimum Gasteiger partial charge on any atom is -0.455 e. The summed E-state index contributed by atoms with van der Waals surface area (Å²) in [6.45, 7) is 2.13. The van der Waals surface area contributed by atoms with Crippen molar-refractivity contribution in [2.24, 2.45) is 23.7 Å². The van der Waals surface area contributed by atoms with E-state index in [4.69, 9.17) is 9.47 Å². The molecule has 2 aliphatic carbocycles. The third-order valence-corrected chi connectivity index (χ3v) is 7.45. The predicted molar refractivity (Wildman–Crippen MR) is 117 cm³/mol. The SMILES string of the molecule is O=C(OC1CC2CCC3CNCC3C2CC1OC(=O)c1ccccc1)c1ccccc1. The van der Waals surface area contributed by atoms with Crippen LogP contribution in [0.15, 0.2) is 60.7 Å².